The number of rotatable bonds is 5. The fraction of sp³-hybridized carbons (Fsp3) is 0.450. The van der Waals surface area contributed by atoms with Crippen LogP contribution in [-0.4, -0.2) is 70.2 Å². The van der Waals surface area contributed by atoms with Crippen molar-refractivity contribution in [1.82, 2.24) is 5.32 Å². The average Bonchev–Trinajstić information content (AvgIpc) is 2.69. The lowest BCUT2D eigenvalue weighted by Crippen LogP contribution is -2.61. The van der Waals surface area contributed by atoms with Crippen LogP contribution in [-0.2, 0) is 19.1 Å². The van der Waals surface area contributed by atoms with Crippen molar-refractivity contribution in [3.8, 4) is 11.5 Å². The van der Waals surface area contributed by atoms with Crippen LogP contribution in [0.5, 0.6) is 11.5 Å². The van der Waals surface area contributed by atoms with Gasteiger partial charge in [0.1, 0.15) is 25.4 Å². The van der Waals surface area contributed by atoms with Gasteiger partial charge in [-0.2, -0.15) is 0 Å². The molecule has 0 radical (unpaired) electrons. The van der Waals surface area contributed by atoms with Crippen LogP contribution in [0.3, 0.4) is 0 Å². The quantitative estimate of drug-likeness (QED) is 0.376. The zero-order valence-electron chi connectivity index (χ0n) is 16.2. The molecular formula is C20H23NO9. The molecule has 3 rings (SSSR count). The first-order chi connectivity index (χ1) is 14.2. The van der Waals surface area contributed by atoms with E-state index in [-0.39, 0.29) is 0 Å². The van der Waals surface area contributed by atoms with Gasteiger partial charge in [-0.05, 0) is 23.8 Å². The lowest BCUT2D eigenvalue weighted by molar-refractivity contribution is -0.184. The van der Waals surface area contributed by atoms with Gasteiger partial charge in [-0.25, -0.2) is 9.59 Å². The highest BCUT2D eigenvalue weighted by Gasteiger charge is 2.51. The van der Waals surface area contributed by atoms with Crippen molar-refractivity contribution in [3.05, 3.63) is 29.8 Å². The van der Waals surface area contributed by atoms with Crippen molar-refractivity contribution in [3.63, 3.8) is 0 Å². The van der Waals surface area contributed by atoms with E-state index in [1.807, 2.05) is 0 Å². The second-order valence-corrected chi connectivity index (χ2v) is 7.25. The smallest absolute Gasteiger partial charge is 0.335 e. The number of hydrogen-bond acceptors (Lipinski definition) is 8. The van der Waals surface area contributed by atoms with E-state index in [0.717, 1.165) is 6.08 Å². The maximum Gasteiger partial charge on any atom is 0.335 e. The van der Waals surface area contributed by atoms with Gasteiger partial charge >= 0.3 is 11.9 Å². The van der Waals surface area contributed by atoms with Gasteiger partial charge in [-0.1, -0.05) is 6.07 Å². The lowest BCUT2D eigenvalue weighted by Gasteiger charge is -2.41. The SMILES string of the molecule is CC(=O)NC1C[C@@](O)(C(=O)O)C[C@H](OC(=O)/C=C/c2ccc3c(c2)OCCO3)[C@@H]1O. The van der Waals surface area contributed by atoms with E-state index in [0.29, 0.717) is 30.3 Å². The number of carboxylic acid groups (broad SMARTS) is 1. The molecule has 1 aliphatic heterocycles. The van der Waals surface area contributed by atoms with E-state index >= 15 is 0 Å². The summed E-state index contributed by atoms with van der Waals surface area (Å²) in [6.07, 6.45) is -1.05. The predicted molar refractivity (Wildman–Crippen MR) is 102 cm³/mol. The first-order valence-corrected chi connectivity index (χ1v) is 9.37. The summed E-state index contributed by atoms with van der Waals surface area (Å²) in [7, 11) is 0. The van der Waals surface area contributed by atoms with Crippen LogP contribution in [0.25, 0.3) is 6.08 Å². The summed E-state index contributed by atoms with van der Waals surface area (Å²) >= 11 is 0. The van der Waals surface area contributed by atoms with Crippen LogP contribution >= 0.6 is 0 Å². The topological polar surface area (TPSA) is 152 Å². The third-order valence-electron chi connectivity index (χ3n) is 4.92. The van der Waals surface area contributed by atoms with E-state index in [1.54, 1.807) is 18.2 Å². The number of carboxylic acids is 1. The van der Waals surface area contributed by atoms with E-state index in [1.165, 1.54) is 13.0 Å². The average molecular weight is 421 g/mol. The number of ether oxygens (including phenoxy) is 3. The summed E-state index contributed by atoms with van der Waals surface area (Å²) in [5.74, 6) is -1.74. The number of nitrogens with one attached hydrogen (secondary N) is 1. The molecule has 30 heavy (non-hydrogen) atoms. The fourth-order valence-corrected chi connectivity index (χ4v) is 3.48. The minimum absolute atomic E-state index is 0.413. The Morgan fingerprint density at radius 3 is 2.57 bits per heavy atom. The number of carbonyl (C=O) groups is 3. The van der Waals surface area contributed by atoms with Crippen molar-refractivity contribution in [2.45, 2.75) is 43.6 Å². The molecule has 1 heterocycles. The van der Waals surface area contributed by atoms with Gasteiger partial charge < -0.3 is 34.8 Å². The van der Waals surface area contributed by atoms with E-state index in [2.05, 4.69) is 5.32 Å². The normalized spacial score (nSPS) is 28.0. The molecule has 10 heteroatoms. The predicted octanol–water partition coefficient (Wildman–Crippen LogP) is -0.142. The van der Waals surface area contributed by atoms with Crippen LogP contribution in [0.15, 0.2) is 24.3 Å². The zero-order valence-corrected chi connectivity index (χ0v) is 16.2. The second kappa shape index (κ2) is 8.72. The Hall–Kier alpha value is -3.11. The number of benzene rings is 1. The Balaban J connectivity index is 1.69. The molecule has 0 saturated heterocycles. The van der Waals surface area contributed by atoms with E-state index < -0.39 is 54.5 Å². The fourth-order valence-electron chi connectivity index (χ4n) is 3.48. The summed E-state index contributed by atoms with van der Waals surface area (Å²) in [6, 6.07) is 4.01. The van der Waals surface area contributed by atoms with Crippen LogP contribution in [0.2, 0.25) is 0 Å². The van der Waals surface area contributed by atoms with E-state index in [9.17, 15) is 29.7 Å². The van der Waals surface area contributed by atoms with Gasteiger partial charge in [0.25, 0.3) is 0 Å². The Labute approximate surface area is 172 Å². The summed E-state index contributed by atoms with van der Waals surface area (Å²) in [5, 5.41) is 32.5. The molecule has 1 aromatic carbocycles. The molecule has 2 aliphatic rings. The van der Waals surface area contributed by atoms with Crippen molar-refractivity contribution in [1.29, 1.82) is 0 Å². The number of carbonyl (C=O) groups excluding carboxylic acids is 2. The molecule has 0 bridgehead atoms. The highest BCUT2D eigenvalue weighted by atomic mass is 16.6. The molecule has 1 amide bonds. The first-order valence-electron chi connectivity index (χ1n) is 9.37. The molecule has 1 unspecified atom stereocenters. The Morgan fingerprint density at radius 1 is 1.20 bits per heavy atom. The number of aliphatic hydroxyl groups excluding tert-OH is 1. The van der Waals surface area contributed by atoms with Gasteiger partial charge in [0.05, 0.1) is 6.04 Å². The largest absolute Gasteiger partial charge is 0.486 e. The lowest BCUT2D eigenvalue weighted by atomic mass is 9.78. The van der Waals surface area contributed by atoms with Gasteiger partial charge in [0, 0.05) is 25.8 Å². The molecule has 1 fully saturated rings. The Bertz CT molecular complexity index is 868. The molecule has 10 nitrogen and oxygen atoms in total. The first kappa shape index (κ1) is 21.6. The van der Waals surface area contributed by atoms with Crippen molar-refractivity contribution >= 4 is 23.9 Å². The molecule has 162 valence electrons. The van der Waals surface area contributed by atoms with Gasteiger partial charge in [-0.15, -0.1) is 0 Å². The molecule has 4 atom stereocenters. The standard InChI is InChI=1S/C20H23NO9/c1-11(22)21-13-9-20(27,19(25)26)10-16(18(13)24)30-17(23)5-3-12-2-4-14-15(8-12)29-7-6-28-14/h2-5,8,13,16,18,24,27H,6-7,9-10H2,1H3,(H,21,22)(H,25,26)/b5-3+/t13?,16-,18+,20-/m0/s1. The van der Waals surface area contributed by atoms with Crippen LogP contribution in [0.1, 0.15) is 25.3 Å². The van der Waals surface area contributed by atoms with E-state index in [4.69, 9.17) is 14.2 Å². The number of esters is 1. The van der Waals surface area contributed by atoms with Crippen molar-refractivity contribution in [2.75, 3.05) is 13.2 Å². The monoisotopic (exact) mass is 421 g/mol. The maximum atomic E-state index is 12.2. The third-order valence-corrected chi connectivity index (χ3v) is 4.92. The molecule has 4 N–H and O–H groups in total. The van der Waals surface area contributed by atoms with Crippen LogP contribution in [0.4, 0.5) is 0 Å². The van der Waals surface area contributed by atoms with Gasteiger partial charge in [-0.3, -0.25) is 4.79 Å². The minimum atomic E-state index is -2.25. The summed E-state index contributed by atoms with van der Waals surface area (Å²) in [6.45, 7) is 2.07. The Morgan fingerprint density at radius 2 is 1.90 bits per heavy atom. The van der Waals surface area contributed by atoms with Crippen molar-refractivity contribution in [2.24, 2.45) is 0 Å². The number of fused-ring (bicyclic) bond motifs is 1. The maximum absolute atomic E-state index is 12.2. The van der Waals surface area contributed by atoms with Gasteiger partial charge in [0.15, 0.2) is 17.1 Å². The summed E-state index contributed by atoms with van der Waals surface area (Å²) in [4.78, 5) is 35.0. The molecular weight excluding hydrogens is 398 g/mol. The van der Waals surface area contributed by atoms with Crippen LogP contribution in [0, 0.1) is 0 Å². The van der Waals surface area contributed by atoms with Crippen molar-refractivity contribution < 1.29 is 43.9 Å². The zero-order chi connectivity index (χ0) is 21.9. The minimum Gasteiger partial charge on any atom is -0.486 e. The molecule has 1 aromatic rings. The van der Waals surface area contributed by atoms with Crippen LogP contribution < -0.4 is 14.8 Å². The number of amides is 1. The summed E-state index contributed by atoms with van der Waals surface area (Å²) < 4.78 is 16.1. The second-order valence-electron chi connectivity index (χ2n) is 7.25. The molecule has 1 saturated carbocycles. The Kier molecular flexibility index (Phi) is 6.28. The molecule has 0 aromatic heterocycles. The number of hydrogen-bond donors (Lipinski definition) is 4. The summed E-state index contributed by atoms with van der Waals surface area (Å²) in [5.41, 5.74) is -1.62. The highest BCUT2D eigenvalue weighted by molar-refractivity contribution is 5.87. The third kappa shape index (κ3) is 4.89. The highest BCUT2D eigenvalue weighted by Crippen LogP contribution is 2.32. The van der Waals surface area contributed by atoms with Gasteiger partial charge in [0.2, 0.25) is 5.91 Å². The number of aliphatic hydroxyl groups is 2. The molecule has 1 aliphatic carbocycles. The molecule has 0 spiro atoms. The number of aliphatic carboxylic acids is 1.